The Morgan fingerprint density at radius 3 is 2.56 bits per heavy atom. The molecule has 3 rings (SSSR count). The van der Waals surface area contributed by atoms with Crippen molar-refractivity contribution in [2.45, 2.75) is 19.9 Å². The number of hydrogen-bond acceptors (Lipinski definition) is 4. The summed E-state index contributed by atoms with van der Waals surface area (Å²) < 4.78 is 4.27. The molecule has 25 heavy (non-hydrogen) atoms. The second-order valence-electron chi connectivity index (χ2n) is 5.92. The standard InChI is InChI=1S/C17H20ClN5O2/c1-4-9-19-16-20-14-13(15(24)22(3)17(25)21(14)2)23(16)10-11-7-5-6-8-12(11)18/h5-8H,4,9-10H2,1-3H3,(H,19,20). The van der Waals surface area contributed by atoms with Crippen molar-refractivity contribution >= 4 is 28.7 Å². The molecule has 8 heteroatoms. The van der Waals surface area contributed by atoms with Crippen LogP contribution >= 0.6 is 11.6 Å². The van der Waals surface area contributed by atoms with Gasteiger partial charge in [0.1, 0.15) is 0 Å². The van der Waals surface area contributed by atoms with E-state index in [4.69, 9.17) is 11.6 Å². The number of nitrogens with one attached hydrogen (secondary N) is 1. The van der Waals surface area contributed by atoms with Gasteiger partial charge in [-0.05, 0) is 18.1 Å². The third kappa shape index (κ3) is 2.95. The van der Waals surface area contributed by atoms with Gasteiger partial charge in [-0.3, -0.25) is 18.5 Å². The Balaban J connectivity index is 2.29. The van der Waals surface area contributed by atoms with Crippen molar-refractivity contribution in [3.63, 3.8) is 0 Å². The number of fused-ring (bicyclic) bond motifs is 1. The predicted molar refractivity (Wildman–Crippen MR) is 99.5 cm³/mol. The van der Waals surface area contributed by atoms with Crippen LogP contribution in [0.25, 0.3) is 11.2 Å². The van der Waals surface area contributed by atoms with Crippen LogP contribution in [-0.2, 0) is 20.6 Å². The van der Waals surface area contributed by atoms with E-state index in [1.807, 2.05) is 31.2 Å². The van der Waals surface area contributed by atoms with Gasteiger partial charge in [-0.15, -0.1) is 0 Å². The van der Waals surface area contributed by atoms with Gasteiger partial charge in [0, 0.05) is 25.7 Å². The number of nitrogens with zero attached hydrogens (tertiary/aromatic N) is 4. The van der Waals surface area contributed by atoms with Crippen molar-refractivity contribution in [2.75, 3.05) is 11.9 Å². The summed E-state index contributed by atoms with van der Waals surface area (Å²) >= 11 is 6.28. The number of benzene rings is 1. The average molecular weight is 362 g/mol. The molecule has 0 saturated heterocycles. The average Bonchev–Trinajstić information content (AvgIpc) is 2.96. The van der Waals surface area contributed by atoms with Gasteiger partial charge in [0.25, 0.3) is 5.56 Å². The first-order chi connectivity index (χ1) is 12.0. The summed E-state index contributed by atoms with van der Waals surface area (Å²) in [4.78, 5) is 29.4. The molecule has 0 radical (unpaired) electrons. The number of hydrogen-bond donors (Lipinski definition) is 1. The zero-order valence-electron chi connectivity index (χ0n) is 14.4. The first kappa shape index (κ1) is 17.3. The monoisotopic (exact) mass is 361 g/mol. The molecule has 0 aliphatic rings. The minimum Gasteiger partial charge on any atom is -0.356 e. The largest absolute Gasteiger partial charge is 0.356 e. The van der Waals surface area contributed by atoms with E-state index < -0.39 is 5.69 Å². The van der Waals surface area contributed by atoms with E-state index in [1.54, 1.807) is 11.6 Å². The summed E-state index contributed by atoms with van der Waals surface area (Å²) in [5.41, 5.74) is 0.838. The summed E-state index contributed by atoms with van der Waals surface area (Å²) in [6.07, 6.45) is 0.909. The molecule has 0 fully saturated rings. The van der Waals surface area contributed by atoms with Crippen molar-refractivity contribution in [3.8, 4) is 0 Å². The van der Waals surface area contributed by atoms with E-state index in [0.717, 1.165) is 16.6 Å². The van der Waals surface area contributed by atoms with Crippen LogP contribution in [0, 0.1) is 0 Å². The molecule has 0 aliphatic carbocycles. The van der Waals surface area contributed by atoms with E-state index in [9.17, 15) is 9.59 Å². The SMILES string of the molecule is CCCNc1nc2c(c(=O)n(C)c(=O)n2C)n1Cc1ccccc1Cl. The molecule has 3 aromatic rings. The molecule has 0 aliphatic heterocycles. The zero-order chi connectivity index (χ0) is 18.1. The van der Waals surface area contributed by atoms with Crippen LogP contribution in [-0.4, -0.2) is 25.2 Å². The molecule has 0 atom stereocenters. The first-order valence-corrected chi connectivity index (χ1v) is 8.47. The highest BCUT2D eigenvalue weighted by atomic mass is 35.5. The maximum atomic E-state index is 12.7. The van der Waals surface area contributed by atoms with Gasteiger partial charge in [0.15, 0.2) is 11.2 Å². The van der Waals surface area contributed by atoms with Gasteiger partial charge in [0.05, 0.1) is 6.54 Å². The topological polar surface area (TPSA) is 73.8 Å². The molecule has 1 N–H and O–H groups in total. The number of anilines is 1. The van der Waals surface area contributed by atoms with E-state index >= 15 is 0 Å². The van der Waals surface area contributed by atoms with Crippen LogP contribution in [0.1, 0.15) is 18.9 Å². The van der Waals surface area contributed by atoms with Gasteiger partial charge in [0.2, 0.25) is 5.95 Å². The van der Waals surface area contributed by atoms with Crippen LogP contribution in [0.4, 0.5) is 5.95 Å². The van der Waals surface area contributed by atoms with Crippen molar-refractivity contribution in [1.29, 1.82) is 0 Å². The van der Waals surface area contributed by atoms with Gasteiger partial charge in [-0.1, -0.05) is 36.7 Å². The van der Waals surface area contributed by atoms with Crippen LogP contribution in [0.15, 0.2) is 33.9 Å². The summed E-state index contributed by atoms with van der Waals surface area (Å²) in [6, 6.07) is 7.47. The Bertz CT molecular complexity index is 1050. The number of imidazole rings is 1. The Labute approximate surface area is 149 Å². The lowest BCUT2D eigenvalue weighted by atomic mass is 10.2. The molecule has 2 aromatic heterocycles. The Hall–Kier alpha value is -2.54. The van der Waals surface area contributed by atoms with Crippen molar-refractivity contribution in [3.05, 3.63) is 55.7 Å². The van der Waals surface area contributed by atoms with Crippen LogP contribution < -0.4 is 16.6 Å². The van der Waals surface area contributed by atoms with Crippen LogP contribution in [0.5, 0.6) is 0 Å². The van der Waals surface area contributed by atoms with Crippen molar-refractivity contribution in [2.24, 2.45) is 14.1 Å². The molecule has 7 nitrogen and oxygen atoms in total. The maximum absolute atomic E-state index is 12.7. The normalized spacial score (nSPS) is 11.2. The Morgan fingerprint density at radius 1 is 1.16 bits per heavy atom. The number of halogens is 1. The molecular formula is C17H20ClN5O2. The minimum atomic E-state index is -0.401. The maximum Gasteiger partial charge on any atom is 0.332 e. The fourth-order valence-electron chi connectivity index (χ4n) is 2.77. The highest BCUT2D eigenvalue weighted by Gasteiger charge is 2.19. The fraction of sp³-hybridized carbons (Fsp3) is 0.353. The quantitative estimate of drug-likeness (QED) is 0.754. The molecule has 2 heterocycles. The third-order valence-electron chi connectivity index (χ3n) is 4.17. The molecule has 1 aromatic carbocycles. The Kier molecular flexibility index (Phi) is 4.67. The molecule has 0 unspecified atom stereocenters. The van der Waals surface area contributed by atoms with Crippen molar-refractivity contribution in [1.82, 2.24) is 18.7 Å². The number of aromatic nitrogens is 4. The van der Waals surface area contributed by atoms with E-state index in [1.165, 1.54) is 11.6 Å². The fourth-order valence-corrected chi connectivity index (χ4v) is 2.96. The molecular weight excluding hydrogens is 342 g/mol. The second kappa shape index (κ2) is 6.76. The summed E-state index contributed by atoms with van der Waals surface area (Å²) in [5, 5.41) is 3.85. The minimum absolute atomic E-state index is 0.360. The summed E-state index contributed by atoms with van der Waals surface area (Å²) in [6.45, 7) is 3.14. The Morgan fingerprint density at radius 2 is 1.88 bits per heavy atom. The number of rotatable bonds is 5. The second-order valence-corrected chi connectivity index (χ2v) is 6.32. The third-order valence-corrected chi connectivity index (χ3v) is 4.54. The van der Waals surface area contributed by atoms with Gasteiger partial charge >= 0.3 is 5.69 Å². The smallest absolute Gasteiger partial charge is 0.332 e. The molecule has 0 spiro atoms. The van der Waals surface area contributed by atoms with Gasteiger partial charge in [-0.25, -0.2) is 4.79 Å². The zero-order valence-corrected chi connectivity index (χ0v) is 15.2. The summed E-state index contributed by atoms with van der Waals surface area (Å²) in [7, 11) is 3.08. The van der Waals surface area contributed by atoms with E-state index in [2.05, 4.69) is 10.3 Å². The molecule has 0 amide bonds. The molecule has 0 saturated carbocycles. The van der Waals surface area contributed by atoms with Crippen LogP contribution in [0.2, 0.25) is 5.02 Å². The first-order valence-electron chi connectivity index (χ1n) is 8.09. The summed E-state index contributed by atoms with van der Waals surface area (Å²) in [5.74, 6) is 0.551. The van der Waals surface area contributed by atoms with Crippen LogP contribution in [0.3, 0.4) is 0 Å². The lowest BCUT2D eigenvalue weighted by Crippen LogP contribution is -2.37. The molecule has 132 valence electrons. The lowest BCUT2D eigenvalue weighted by molar-refractivity contribution is 0.702. The number of aryl methyl sites for hydroxylation is 1. The van der Waals surface area contributed by atoms with E-state index in [-0.39, 0.29) is 5.56 Å². The van der Waals surface area contributed by atoms with Gasteiger partial charge < -0.3 is 5.32 Å². The molecule has 0 bridgehead atoms. The van der Waals surface area contributed by atoms with E-state index in [0.29, 0.717) is 35.2 Å². The lowest BCUT2D eigenvalue weighted by Gasteiger charge is -2.11. The van der Waals surface area contributed by atoms with Gasteiger partial charge in [-0.2, -0.15) is 4.98 Å². The predicted octanol–water partition coefficient (Wildman–Crippen LogP) is 1.96. The highest BCUT2D eigenvalue weighted by Crippen LogP contribution is 2.21. The van der Waals surface area contributed by atoms with Crippen molar-refractivity contribution < 1.29 is 0 Å². The highest BCUT2D eigenvalue weighted by molar-refractivity contribution is 6.31.